The van der Waals surface area contributed by atoms with Gasteiger partial charge in [-0.3, -0.25) is 0 Å². The van der Waals surface area contributed by atoms with E-state index in [1.807, 2.05) is 13.3 Å². The van der Waals surface area contributed by atoms with Gasteiger partial charge in [0.25, 0.3) is 0 Å². The zero-order valence-electron chi connectivity index (χ0n) is 31.7. The molecule has 0 heterocycles. The molecule has 0 aromatic heterocycles. The molecule has 3 radical (unpaired) electrons. The second-order valence-corrected chi connectivity index (χ2v) is 25.2. The first-order valence-electron chi connectivity index (χ1n) is 18.2. The molecule has 0 unspecified atom stereocenters. The van der Waals surface area contributed by atoms with Gasteiger partial charge in [0.2, 0.25) is 0 Å². The Bertz CT molecular complexity index is 2570. The van der Waals surface area contributed by atoms with E-state index in [0.717, 1.165) is 0 Å². The quantitative estimate of drug-likeness (QED) is 0.0830. The van der Waals surface area contributed by atoms with Crippen LogP contribution in [0.2, 0.25) is 0 Å². The summed E-state index contributed by atoms with van der Waals surface area (Å²) < 4.78 is 59.6. The van der Waals surface area contributed by atoms with Crippen molar-refractivity contribution in [2.75, 3.05) is 0 Å². The maximum absolute atomic E-state index is 11.2. The van der Waals surface area contributed by atoms with Gasteiger partial charge >= 0.3 is 36.4 Å². The topological polar surface area (TPSA) is 0 Å². The van der Waals surface area contributed by atoms with Gasteiger partial charge in [-0.05, 0) is 86.9 Å². The minimum Gasteiger partial charge on any atom is 0 e. The normalized spacial score (nSPS) is 12.6. The van der Waals surface area contributed by atoms with Crippen LogP contribution in [0.1, 0.15) is 6.92 Å². The molecular weight excluding hydrogens is 1010 g/mol. The number of benzene rings is 8. The van der Waals surface area contributed by atoms with Gasteiger partial charge in [-0.15, -0.1) is 0 Å². The zero-order valence-corrected chi connectivity index (χ0v) is 38.4. The van der Waals surface area contributed by atoms with Gasteiger partial charge in [-0.25, -0.2) is 0 Å². The largest absolute Gasteiger partial charge is 0 e. The van der Waals surface area contributed by atoms with Crippen molar-refractivity contribution in [2.45, 2.75) is 6.92 Å². The third-order valence-corrected chi connectivity index (χ3v) is 16.6. The van der Waals surface area contributed by atoms with E-state index < -0.39 is 33.4 Å². The van der Waals surface area contributed by atoms with E-state index in [1.165, 1.54) is 64.5 Å². The fourth-order valence-electron chi connectivity index (χ4n) is 6.78. The Morgan fingerprint density at radius 3 is 1.24 bits per heavy atom. The number of hydrogen-bond acceptors (Lipinski definition) is 1. The van der Waals surface area contributed by atoms with E-state index in [-0.39, 0.29) is 20.4 Å². The summed E-state index contributed by atoms with van der Waals surface area (Å²) in [6.07, 6.45) is 3.64. The number of halogens is 6. The second-order valence-electron chi connectivity index (χ2n) is 13.2. The molecular formula is C48H39F6P2PdSSb-. The van der Waals surface area contributed by atoms with Crippen LogP contribution in [0.25, 0.3) is 32.7 Å². The predicted octanol–water partition coefficient (Wildman–Crippen LogP) is 12.6. The van der Waals surface area contributed by atoms with Crippen LogP contribution in [-0.2, 0) is 32.2 Å². The van der Waals surface area contributed by atoms with Gasteiger partial charge in [0, 0.05) is 31.8 Å². The fourth-order valence-corrected chi connectivity index (χ4v) is 13.3. The van der Waals surface area contributed by atoms with Crippen LogP contribution in [0, 0.1) is 19.8 Å². The molecule has 59 heavy (non-hydrogen) atoms. The Kier molecular flexibility index (Phi) is 15.0. The molecule has 0 atom stereocenters. The van der Waals surface area contributed by atoms with Crippen molar-refractivity contribution in [2.24, 2.45) is 0 Å². The second kappa shape index (κ2) is 19.0. The molecule has 11 heteroatoms. The molecule has 8 aromatic rings. The Hall–Kier alpha value is -3.58. The Balaban J connectivity index is 0.000000490. The molecule has 0 saturated carbocycles. The number of fused-ring (bicyclic) bond motifs is 2. The van der Waals surface area contributed by atoms with E-state index in [0.29, 0.717) is 0 Å². The van der Waals surface area contributed by atoms with Gasteiger partial charge in [-0.2, -0.15) is 0 Å². The summed E-state index contributed by atoms with van der Waals surface area (Å²) in [5, 5.41) is 12.6. The van der Waals surface area contributed by atoms with Crippen LogP contribution in [-0.4, -0.2) is 19.5 Å². The average Bonchev–Trinajstić information content (AvgIpc) is 3.23. The van der Waals surface area contributed by atoms with Crippen molar-refractivity contribution in [1.29, 1.82) is 0 Å². The van der Waals surface area contributed by atoms with Crippen molar-refractivity contribution >= 4 is 98.6 Å². The minimum absolute atomic E-state index is 0. The van der Waals surface area contributed by atoms with Crippen LogP contribution in [0.4, 0.5) is 16.9 Å². The number of rotatable bonds is 8. The Labute approximate surface area is 365 Å². The monoisotopic (exact) mass is 1050 g/mol. The summed E-state index contributed by atoms with van der Waals surface area (Å²) in [6, 6.07) is 68.2. The maximum Gasteiger partial charge on any atom is 0 e. The molecule has 0 nitrogen and oxygen atoms in total. The average molecular weight is 1050 g/mol. The summed E-state index contributed by atoms with van der Waals surface area (Å²) in [7, 11) is -0.897. The summed E-state index contributed by atoms with van der Waals surface area (Å²) in [6.45, 7) is 5.36. The smallest absolute Gasteiger partial charge is 0 e. The van der Waals surface area contributed by atoms with Gasteiger partial charge < -0.3 is 0 Å². The molecule has 0 spiro atoms. The van der Waals surface area contributed by atoms with Crippen LogP contribution < -0.4 is 31.8 Å². The van der Waals surface area contributed by atoms with E-state index >= 15 is 0 Å². The zero-order chi connectivity index (χ0) is 41.5. The van der Waals surface area contributed by atoms with Gasteiger partial charge in [0.05, 0.1) is 0 Å². The van der Waals surface area contributed by atoms with Gasteiger partial charge in [0.1, 0.15) is 0 Å². The summed E-state index contributed by atoms with van der Waals surface area (Å²) in [5.74, 6) is 0. The molecule has 8 rings (SSSR count). The van der Waals surface area contributed by atoms with Crippen molar-refractivity contribution in [3.05, 3.63) is 214 Å². The molecule has 0 saturated heterocycles. The number of unbranched alkanes of at least 4 members (excludes halogenated alkanes) is 1. The van der Waals surface area contributed by atoms with Gasteiger partial charge in [0.15, 0.2) is 0 Å². The van der Waals surface area contributed by atoms with E-state index in [2.05, 4.69) is 201 Å². The molecule has 0 bridgehead atoms. The van der Waals surface area contributed by atoms with Crippen LogP contribution in [0.5, 0.6) is 0 Å². The fraction of sp³-hybridized carbons (Fsp3) is 0.0208. The maximum atomic E-state index is 9.93. The van der Waals surface area contributed by atoms with Crippen molar-refractivity contribution < 1.29 is 37.3 Å². The van der Waals surface area contributed by atoms with Crippen molar-refractivity contribution in [3.63, 3.8) is 0 Å². The molecule has 0 aliphatic heterocycles. The van der Waals surface area contributed by atoms with Crippen LogP contribution >= 0.6 is 14.0 Å². The van der Waals surface area contributed by atoms with Crippen molar-refractivity contribution in [1.82, 2.24) is 0 Å². The number of hydrogen-bond donors (Lipinski definition) is 0. The van der Waals surface area contributed by atoms with E-state index in [1.54, 1.807) is 6.42 Å². The molecule has 8 aromatic carbocycles. The Morgan fingerprint density at radius 2 is 0.831 bits per heavy atom. The van der Waals surface area contributed by atoms with E-state index in [4.69, 9.17) is 11.8 Å². The molecule has 0 aliphatic rings. The van der Waals surface area contributed by atoms with Crippen LogP contribution in [0.3, 0.4) is 0 Å². The third-order valence-electron chi connectivity index (χ3n) is 9.15. The van der Waals surface area contributed by atoms with E-state index in [9.17, 15) is 16.9 Å². The van der Waals surface area contributed by atoms with Crippen LogP contribution in [0.15, 0.2) is 194 Å². The first-order chi connectivity index (χ1) is 27.6. The molecule has 0 fully saturated rings. The summed E-state index contributed by atoms with van der Waals surface area (Å²) >= 11 is -4.16. The predicted molar refractivity (Wildman–Crippen MR) is 244 cm³/mol. The molecule has 305 valence electrons. The first-order valence-corrected chi connectivity index (χ1v) is 28.2. The first kappa shape index (κ1) is 46.5. The third kappa shape index (κ3) is 12.0. The van der Waals surface area contributed by atoms with Gasteiger partial charge in [-0.1, -0.05) is 213 Å². The van der Waals surface area contributed by atoms with Crippen molar-refractivity contribution in [3.8, 4) is 11.1 Å². The Morgan fingerprint density at radius 1 is 0.492 bits per heavy atom. The summed E-state index contributed by atoms with van der Waals surface area (Å²) in [4.78, 5) is 0. The molecule has 0 aliphatic carbocycles. The molecule has 0 N–H and O–H groups in total. The standard InChI is InChI=1S/C44H32P2S.C4H7.6FH.Pd.Sb/c47-46(37-23-9-3-10-24-37,38-25-11-4-12-26-38)42-32-30-34-18-14-16-28-40(34)44(42)43-39-27-15-13-17-33(39)29-31-41(43)45(35-19-5-1-6-20-35)36-21-7-2-8-22-36;1-3-4-2;;;;;;;;/h1-32H;3-4H,1H2,2H3;6*1H;;/q;;;;;;;;;+5/p-6. The SMILES string of the molecule is S=P(c1ccccc1)(c1ccccc1)c1ccc2ccccc2c1-c1c(P(c2ccccc2)c2ccccc2)ccc2ccccc12.[CH2][CH][CH]C.[F][Sb-]([F])([F])([F])([F])[F].[Pd]. The summed E-state index contributed by atoms with van der Waals surface area (Å²) in [5.41, 5.74) is 2.54. The molecule has 0 amide bonds. The minimum atomic E-state index is -11.2.